The molecule has 9 heteroatoms. The quantitative estimate of drug-likeness (QED) is 0.472. The van der Waals surface area contributed by atoms with Gasteiger partial charge in [-0.2, -0.15) is 0 Å². The molecule has 1 fully saturated rings. The average Bonchev–Trinajstić information content (AvgIpc) is 3.05. The van der Waals surface area contributed by atoms with Crippen LogP contribution < -0.4 is 4.74 Å². The molecule has 2 heterocycles. The molecule has 1 saturated heterocycles. The highest BCUT2D eigenvalue weighted by molar-refractivity contribution is 5.95. The number of aliphatic carboxylic acids is 1. The Morgan fingerprint density at radius 1 is 1.00 bits per heavy atom. The highest BCUT2D eigenvalue weighted by Gasteiger charge is 2.33. The third-order valence-electron chi connectivity index (χ3n) is 7.88. The van der Waals surface area contributed by atoms with Gasteiger partial charge in [-0.1, -0.05) is 49.4 Å². The highest BCUT2D eigenvalue weighted by atomic mass is 16.6. The molecule has 9 nitrogen and oxygen atoms in total. The molecule has 2 aromatic carbocycles. The molecular weight excluding hydrogens is 510 g/mol. The summed E-state index contributed by atoms with van der Waals surface area (Å²) in [7, 11) is 0. The van der Waals surface area contributed by atoms with E-state index in [2.05, 4.69) is 11.9 Å². The van der Waals surface area contributed by atoms with Crippen LogP contribution in [0, 0.1) is 19.8 Å². The molecule has 0 bridgehead atoms. The van der Waals surface area contributed by atoms with Gasteiger partial charge in [0.15, 0.2) is 0 Å². The maximum atomic E-state index is 12.9. The van der Waals surface area contributed by atoms with Crippen molar-refractivity contribution in [1.82, 2.24) is 9.80 Å². The number of hydrogen-bond acceptors (Lipinski definition) is 5. The summed E-state index contributed by atoms with van der Waals surface area (Å²) in [6.07, 6.45) is 0.158. The number of urea groups is 1. The number of carboxylic acid groups (broad SMARTS) is 1. The molecule has 2 atom stereocenters. The van der Waals surface area contributed by atoms with E-state index < -0.39 is 18.2 Å². The van der Waals surface area contributed by atoms with Crippen molar-refractivity contribution >= 4 is 23.8 Å². The van der Waals surface area contributed by atoms with Crippen molar-refractivity contribution in [3.63, 3.8) is 0 Å². The summed E-state index contributed by atoms with van der Waals surface area (Å²) < 4.78 is 11.5. The minimum absolute atomic E-state index is 0.00208. The number of amides is 3. The van der Waals surface area contributed by atoms with Crippen LogP contribution in [0.5, 0.6) is 5.75 Å². The van der Waals surface area contributed by atoms with E-state index in [0.717, 1.165) is 40.1 Å². The smallest absolute Gasteiger partial charge is 0.410 e. The van der Waals surface area contributed by atoms with Crippen LogP contribution in [-0.2, 0) is 22.6 Å². The Morgan fingerprint density at radius 2 is 1.65 bits per heavy atom. The number of rotatable bonds is 8. The standard InChI is InChI=1S/C31H39N3O6/c1-20-10-15-34(30(37)32-23(20)4)26-11-13-33(14-12-26)31(38)40-27(29(35)36)18-25-16-21(2)28(22(3)17-25)39-19-24-8-6-5-7-9-24/h5-9,16-17,20,26-27H,10-15,18-19H2,1-4H3,(H,35,36). The molecule has 40 heavy (non-hydrogen) atoms. The Labute approximate surface area is 235 Å². The fraction of sp³-hybridized carbons (Fsp3) is 0.484. The lowest BCUT2D eigenvalue weighted by molar-refractivity contribution is -0.147. The summed E-state index contributed by atoms with van der Waals surface area (Å²) in [6, 6.07) is 13.4. The van der Waals surface area contributed by atoms with E-state index in [4.69, 9.17) is 9.47 Å². The number of hydrogen-bond donors (Lipinski definition) is 1. The van der Waals surface area contributed by atoms with Gasteiger partial charge < -0.3 is 24.4 Å². The zero-order valence-corrected chi connectivity index (χ0v) is 23.8. The molecule has 2 aromatic rings. The maximum absolute atomic E-state index is 12.9. The maximum Gasteiger partial charge on any atom is 0.410 e. The number of carbonyl (C=O) groups excluding carboxylic acids is 2. The number of aliphatic imine (C=N–C) groups is 1. The fourth-order valence-corrected chi connectivity index (χ4v) is 5.37. The summed E-state index contributed by atoms with van der Waals surface area (Å²) in [6.45, 7) is 9.67. The summed E-state index contributed by atoms with van der Waals surface area (Å²) in [5.41, 5.74) is 4.45. The number of likely N-dealkylation sites (tertiary alicyclic amines) is 1. The molecule has 1 N–H and O–H groups in total. The Morgan fingerprint density at radius 3 is 2.27 bits per heavy atom. The summed E-state index contributed by atoms with van der Waals surface area (Å²) in [4.78, 5) is 45.1. The summed E-state index contributed by atoms with van der Waals surface area (Å²) in [5.74, 6) is -0.166. The number of aryl methyl sites for hydroxylation is 2. The topological polar surface area (TPSA) is 109 Å². The first kappa shape index (κ1) is 29.1. The van der Waals surface area contributed by atoms with Crippen LogP contribution in [0.4, 0.5) is 9.59 Å². The van der Waals surface area contributed by atoms with Crippen LogP contribution in [0.1, 0.15) is 55.4 Å². The number of nitrogens with zero attached hydrogens (tertiary/aromatic N) is 3. The molecule has 0 aromatic heterocycles. The predicted molar refractivity (Wildman–Crippen MR) is 152 cm³/mol. The lowest BCUT2D eigenvalue weighted by atomic mass is 10.0. The van der Waals surface area contributed by atoms with Gasteiger partial charge in [-0.3, -0.25) is 0 Å². The van der Waals surface area contributed by atoms with Crippen LogP contribution >= 0.6 is 0 Å². The number of carbonyl (C=O) groups is 3. The van der Waals surface area contributed by atoms with Crippen LogP contribution in [0.2, 0.25) is 0 Å². The molecule has 4 rings (SSSR count). The Bertz CT molecular complexity index is 1230. The Kier molecular flexibility index (Phi) is 9.45. The molecule has 0 aliphatic carbocycles. The van der Waals surface area contributed by atoms with Gasteiger partial charge >= 0.3 is 18.1 Å². The molecular formula is C31H39N3O6. The first-order valence-electron chi connectivity index (χ1n) is 13.9. The second-order valence-electron chi connectivity index (χ2n) is 10.9. The third kappa shape index (κ3) is 7.20. The van der Waals surface area contributed by atoms with Gasteiger partial charge in [-0.15, -0.1) is 0 Å². The zero-order valence-electron chi connectivity index (χ0n) is 23.8. The molecule has 3 amide bonds. The van der Waals surface area contributed by atoms with Crippen molar-refractivity contribution < 1.29 is 29.0 Å². The van der Waals surface area contributed by atoms with E-state index in [9.17, 15) is 19.5 Å². The van der Waals surface area contributed by atoms with E-state index in [1.54, 1.807) is 0 Å². The normalized spacial score (nSPS) is 19.1. The number of carboxylic acids is 1. The zero-order chi connectivity index (χ0) is 28.8. The number of ether oxygens (including phenoxy) is 2. The number of piperidine rings is 1. The first-order valence-corrected chi connectivity index (χ1v) is 13.9. The molecule has 0 spiro atoms. The minimum atomic E-state index is -1.31. The average molecular weight is 550 g/mol. The predicted octanol–water partition coefficient (Wildman–Crippen LogP) is 5.40. The highest BCUT2D eigenvalue weighted by Crippen LogP contribution is 2.27. The van der Waals surface area contributed by atoms with Crippen LogP contribution in [0.25, 0.3) is 0 Å². The monoisotopic (exact) mass is 549 g/mol. The summed E-state index contributed by atoms with van der Waals surface area (Å²) >= 11 is 0. The van der Waals surface area contributed by atoms with Gasteiger partial charge in [0.25, 0.3) is 0 Å². The Hall–Kier alpha value is -3.88. The Balaban J connectivity index is 1.33. The minimum Gasteiger partial charge on any atom is -0.488 e. The van der Waals surface area contributed by atoms with E-state index >= 15 is 0 Å². The van der Waals surface area contributed by atoms with E-state index in [1.807, 2.05) is 68.1 Å². The van der Waals surface area contributed by atoms with Crippen LogP contribution in [0.15, 0.2) is 47.5 Å². The lowest BCUT2D eigenvalue weighted by Gasteiger charge is -2.37. The first-order chi connectivity index (χ1) is 19.1. The van der Waals surface area contributed by atoms with Crippen molar-refractivity contribution in [2.45, 2.75) is 72.1 Å². The van der Waals surface area contributed by atoms with Crippen molar-refractivity contribution in [2.75, 3.05) is 19.6 Å². The van der Waals surface area contributed by atoms with Gasteiger partial charge in [-0.05, 0) is 68.2 Å². The van der Waals surface area contributed by atoms with Crippen molar-refractivity contribution in [2.24, 2.45) is 10.9 Å². The second-order valence-corrected chi connectivity index (χ2v) is 10.9. The van der Waals surface area contributed by atoms with Crippen molar-refractivity contribution in [3.05, 3.63) is 64.7 Å². The molecule has 2 aliphatic rings. The van der Waals surface area contributed by atoms with Gasteiger partial charge in [0.2, 0.25) is 6.10 Å². The number of benzene rings is 2. The van der Waals surface area contributed by atoms with Gasteiger partial charge in [-0.25, -0.2) is 19.4 Å². The lowest BCUT2D eigenvalue weighted by Crippen LogP contribution is -2.49. The van der Waals surface area contributed by atoms with Gasteiger partial charge in [0.1, 0.15) is 12.4 Å². The molecule has 0 radical (unpaired) electrons. The van der Waals surface area contributed by atoms with E-state index in [-0.39, 0.29) is 24.4 Å². The van der Waals surface area contributed by atoms with Crippen LogP contribution in [0.3, 0.4) is 0 Å². The molecule has 2 aliphatic heterocycles. The van der Waals surface area contributed by atoms with Gasteiger partial charge in [0.05, 0.1) is 0 Å². The molecule has 2 unspecified atom stereocenters. The van der Waals surface area contributed by atoms with Crippen molar-refractivity contribution in [3.8, 4) is 5.75 Å². The van der Waals surface area contributed by atoms with Gasteiger partial charge in [0, 0.05) is 37.8 Å². The SMILES string of the molecule is CC1=NC(=O)N(C2CCN(C(=O)OC(Cc3cc(C)c(OCc4ccccc4)c(C)c3)C(=O)O)CC2)CCC1C. The molecule has 0 saturated carbocycles. The van der Waals surface area contributed by atoms with E-state index in [1.165, 1.54) is 4.90 Å². The van der Waals surface area contributed by atoms with Crippen molar-refractivity contribution in [1.29, 1.82) is 0 Å². The summed E-state index contributed by atoms with van der Waals surface area (Å²) in [5, 5.41) is 9.82. The largest absolute Gasteiger partial charge is 0.488 e. The second kappa shape index (κ2) is 13.0. The van der Waals surface area contributed by atoms with Crippen LogP contribution in [-0.4, -0.2) is 70.5 Å². The molecule has 214 valence electrons. The third-order valence-corrected chi connectivity index (χ3v) is 7.88. The van der Waals surface area contributed by atoms with E-state index in [0.29, 0.717) is 39.1 Å². The fourth-order valence-electron chi connectivity index (χ4n) is 5.37.